The average Bonchev–Trinajstić information content (AvgIpc) is 2.04. The molecule has 1 rings (SSSR count). The Morgan fingerprint density at radius 3 is 2.00 bits per heavy atom. The molecule has 0 aliphatic rings. The molecular formula is C9H9BrI2. The van der Waals surface area contributed by atoms with Crippen LogP contribution in [0, 0.1) is 0 Å². The lowest BCUT2D eigenvalue weighted by Crippen LogP contribution is -1.91. The fourth-order valence-electron chi connectivity index (χ4n) is 1.07. The Balaban J connectivity index is 3.09. The van der Waals surface area contributed by atoms with Gasteiger partial charge in [-0.25, -0.2) is 0 Å². The van der Waals surface area contributed by atoms with E-state index in [4.69, 9.17) is 0 Å². The van der Waals surface area contributed by atoms with Crippen LogP contribution in [0.5, 0.6) is 0 Å². The van der Waals surface area contributed by atoms with E-state index in [0.29, 0.717) is 6.76 Å². The highest BCUT2D eigenvalue weighted by Crippen LogP contribution is 2.37. The van der Waals surface area contributed by atoms with Crippen molar-refractivity contribution in [2.75, 3.05) is 0 Å². The molecule has 1 aromatic carbocycles. The molecule has 0 radical (unpaired) electrons. The van der Waals surface area contributed by atoms with Crippen molar-refractivity contribution in [1.29, 1.82) is 0 Å². The fraction of sp³-hybridized carbons (Fsp3) is 0.333. The number of hydrogen-bond donors (Lipinski definition) is 0. The highest BCUT2D eigenvalue weighted by atomic mass is 127. The molecule has 0 spiro atoms. The summed E-state index contributed by atoms with van der Waals surface area (Å²) >= 11 is 8.46. The molecule has 0 amide bonds. The summed E-state index contributed by atoms with van der Waals surface area (Å²) in [6, 6.07) is 8.56. The van der Waals surface area contributed by atoms with Gasteiger partial charge in [0.2, 0.25) is 0 Å². The molecule has 66 valence electrons. The summed E-state index contributed by atoms with van der Waals surface area (Å²) in [5, 5.41) is 0. The largest absolute Gasteiger partial charge is 0.0877 e. The van der Waals surface area contributed by atoms with Crippen LogP contribution in [0.25, 0.3) is 0 Å². The monoisotopic (exact) mass is 450 g/mol. The van der Waals surface area contributed by atoms with E-state index >= 15 is 0 Å². The normalized spacial score (nSPS) is 13.4. The van der Waals surface area contributed by atoms with Gasteiger partial charge in [0, 0.05) is 4.83 Å². The number of halogens is 3. The van der Waals surface area contributed by atoms with Crippen LogP contribution in [-0.2, 0) is 0 Å². The van der Waals surface area contributed by atoms with Crippen molar-refractivity contribution in [3.63, 3.8) is 0 Å². The summed E-state index contributed by atoms with van der Waals surface area (Å²) in [5.74, 6) is 0. The molecule has 1 atom stereocenters. The molecule has 0 aliphatic heterocycles. The van der Waals surface area contributed by atoms with Crippen LogP contribution in [0.2, 0.25) is 0 Å². The van der Waals surface area contributed by atoms with Gasteiger partial charge in [-0.15, -0.1) is 0 Å². The zero-order chi connectivity index (χ0) is 9.14. The Morgan fingerprint density at radius 2 is 1.67 bits per heavy atom. The molecule has 0 N–H and O–H groups in total. The van der Waals surface area contributed by atoms with Gasteiger partial charge < -0.3 is 0 Å². The lowest BCUT2D eigenvalue weighted by molar-refractivity contribution is 1.09. The SMILES string of the molecule is CC(Br)c1ccccc1C(I)I. The highest BCUT2D eigenvalue weighted by molar-refractivity contribution is 14.2. The number of benzene rings is 1. The third-order valence-electron chi connectivity index (χ3n) is 1.66. The van der Waals surface area contributed by atoms with Crippen molar-refractivity contribution in [1.82, 2.24) is 0 Å². The van der Waals surface area contributed by atoms with Gasteiger partial charge in [0.05, 0.1) is 1.93 Å². The topological polar surface area (TPSA) is 0 Å². The van der Waals surface area contributed by atoms with E-state index in [1.165, 1.54) is 11.1 Å². The second-order valence-electron chi connectivity index (χ2n) is 2.55. The third kappa shape index (κ3) is 2.83. The van der Waals surface area contributed by atoms with Crippen LogP contribution in [-0.4, -0.2) is 0 Å². The summed E-state index contributed by atoms with van der Waals surface area (Å²) in [5.41, 5.74) is 2.81. The summed E-state index contributed by atoms with van der Waals surface area (Å²) in [7, 11) is 0. The lowest BCUT2D eigenvalue weighted by Gasteiger charge is -2.11. The molecule has 0 bridgehead atoms. The molecule has 0 aromatic heterocycles. The standard InChI is InChI=1S/C9H9BrI2/c1-6(10)7-4-2-3-5-8(7)9(11)12/h2-6,9H,1H3. The molecule has 0 aliphatic carbocycles. The minimum Gasteiger partial charge on any atom is -0.0842 e. The molecule has 1 aromatic rings. The number of hydrogen-bond acceptors (Lipinski definition) is 0. The zero-order valence-electron chi connectivity index (χ0n) is 6.60. The van der Waals surface area contributed by atoms with Gasteiger partial charge in [-0.05, 0) is 18.1 Å². The Hall–Kier alpha value is 1.16. The van der Waals surface area contributed by atoms with Gasteiger partial charge in [0.15, 0.2) is 0 Å². The molecule has 0 fully saturated rings. The van der Waals surface area contributed by atoms with Gasteiger partial charge in [-0.3, -0.25) is 0 Å². The summed E-state index contributed by atoms with van der Waals surface area (Å²) in [6.45, 7) is 2.16. The van der Waals surface area contributed by atoms with E-state index in [0.717, 1.165) is 0 Å². The van der Waals surface area contributed by atoms with Crippen LogP contribution >= 0.6 is 61.1 Å². The van der Waals surface area contributed by atoms with E-state index in [1.54, 1.807) is 0 Å². The molecule has 0 saturated heterocycles. The summed E-state index contributed by atoms with van der Waals surface area (Å²) < 4.78 is 0.552. The molecule has 0 heterocycles. The van der Waals surface area contributed by atoms with E-state index < -0.39 is 0 Å². The lowest BCUT2D eigenvalue weighted by atomic mass is 10.1. The van der Waals surface area contributed by atoms with Crippen molar-refractivity contribution in [2.45, 2.75) is 13.7 Å². The second kappa shape index (κ2) is 5.14. The molecule has 12 heavy (non-hydrogen) atoms. The minimum atomic E-state index is 0.445. The molecular weight excluding hydrogens is 442 g/mol. The molecule has 1 unspecified atom stereocenters. The van der Waals surface area contributed by atoms with E-state index in [2.05, 4.69) is 92.3 Å². The van der Waals surface area contributed by atoms with Crippen molar-refractivity contribution in [2.24, 2.45) is 0 Å². The van der Waals surface area contributed by atoms with E-state index in [1.807, 2.05) is 0 Å². The van der Waals surface area contributed by atoms with Crippen molar-refractivity contribution in [3.05, 3.63) is 35.4 Å². The third-order valence-corrected chi connectivity index (χ3v) is 3.49. The average molecular weight is 451 g/mol. The molecule has 0 saturated carbocycles. The van der Waals surface area contributed by atoms with Crippen LogP contribution < -0.4 is 0 Å². The van der Waals surface area contributed by atoms with E-state index in [-0.39, 0.29) is 0 Å². The Kier molecular flexibility index (Phi) is 4.82. The van der Waals surface area contributed by atoms with Gasteiger partial charge in [0.1, 0.15) is 0 Å². The fourth-order valence-corrected chi connectivity index (χ4v) is 2.62. The highest BCUT2D eigenvalue weighted by Gasteiger charge is 2.10. The Labute approximate surface area is 109 Å². The summed E-state index contributed by atoms with van der Waals surface area (Å²) in [4.78, 5) is 0.445. The molecule has 0 nitrogen and oxygen atoms in total. The first-order valence-electron chi connectivity index (χ1n) is 3.64. The van der Waals surface area contributed by atoms with Crippen molar-refractivity contribution >= 4 is 61.1 Å². The quantitative estimate of drug-likeness (QED) is 0.439. The van der Waals surface area contributed by atoms with Crippen LogP contribution in [0.4, 0.5) is 0 Å². The summed E-state index contributed by atoms with van der Waals surface area (Å²) in [6.07, 6.45) is 0. The van der Waals surface area contributed by atoms with Gasteiger partial charge >= 0.3 is 0 Å². The smallest absolute Gasteiger partial charge is 0.0842 e. The minimum absolute atomic E-state index is 0.445. The number of alkyl halides is 3. The van der Waals surface area contributed by atoms with Crippen LogP contribution in [0.1, 0.15) is 24.8 Å². The van der Waals surface area contributed by atoms with Crippen molar-refractivity contribution in [3.8, 4) is 0 Å². The zero-order valence-corrected chi connectivity index (χ0v) is 12.5. The van der Waals surface area contributed by atoms with E-state index in [9.17, 15) is 0 Å². The maximum Gasteiger partial charge on any atom is 0.0877 e. The van der Waals surface area contributed by atoms with Gasteiger partial charge in [-0.2, -0.15) is 0 Å². The number of rotatable bonds is 2. The predicted octanol–water partition coefficient (Wildman–Crippen LogP) is 5.01. The first kappa shape index (κ1) is 11.2. The first-order chi connectivity index (χ1) is 5.63. The Morgan fingerprint density at radius 1 is 1.17 bits per heavy atom. The maximum atomic E-state index is 3.59. The van der Waals surface area contributed by atoms with Crippen molar-refractivity contribution < 1.29 is 0 Å². The molecule has 3 heteroatoms. The first-order valence-corrected chi connectivity index (χ1v) is 7.04. The van der Waals surface area contributed by atoms with Gasteiger partial charge in [0.25, 0.3) is 0 Å². The second-order valence-corrected chi connectivity index (χ2v) is 8.79. The predicted molar refractivity (Wildman–Crippen MR) is 74.6 cm³/mol. The maximum absolute atomic E-state index is 3.59. The van der Waals surface area contributed by atoms with Gasteiger partial charge in [-0.1, -0.05) is 85.4 Å². The Bertz CT molecular complexity index is 231. The van der Waals surface area contributed by atoms with Crippen LogP contribution in [0.3, 0.4) is 0 Å². The van der Waals surface area contributed by atoms with Crippen LogP contribution in [0.15, 0.2) is 24.3 Å².